The van der Waals surface area contributed by atoms with Gasteiger partial charge in [0, 0.05) is 5.75 Å². The molecule has 1 aromatic carbocycles. The van der Waals surface area contributed by atoms with Gasteiger partial charge in [0.05, 0.1) is 4.90 Å². The highest BCUT2D eigenvalue weighted by Crippen LogP contribution is 2.19. The van der Waals surface area contributed by atoms with Crippen molar-refractivity contribution in [2.24, 2.45) is 5.73 Å². The van der Waals surface area contributed by atoms with Crippen LogP contribution in [0.4, 0.5) is 4.79 Å². The van der Waals surface area contributed by atoms with E-state index in [9.17, 15) is 13.2 Å². The molecule has 0 saturated carbocycles. The number of primary amides is 1. The van der Waals surface area contributed by atoms with E-state index in [2.05, 4.69) is 0 Å². The minimum atomic E-state index is -3.85. The van der Waals surface area contributed by atoms with Gasteiger partial charge in [-0.15, -0.1) is 0 Å². The fourth-order valence-corrected chi connectivity index (χ4v) is 3.00. The van der Waals surface area contributed by atoms with Crippen molar-refractivity contribution >= 4 is 27.8 Å². The van der Waals surface area contributed by atoms with Gasteiger partial charge in [-0.1, -0.05) is 18.2 Å². The molecule has 0 aromatic heterocycles. The third-order valence-corrected chi connectivity index (χ3v) is 3.84. The van der Waals surface area contributed by atoms with Gasteiger partial charge < -0.3 is 5.73 Å². The Hall–Kier alpha value is -1.21. The molecule has 2 amide bonds. The maximum absolute atomic E-state index is 11.7. The number of carbonyl (C=O) groups is 1. The standard InChI is InChI=1S/C9H12N2O3S2/c1-15-6-7-4-2-3-5-8(7)16(13,14)11-9(10)12/h2-5H,6H2,1H3,(H3,10,11,12). The van der Waals surface area contributed by atoms with Crippen molar-refractivity contribution in [3.05, 3.63) is 29.8 Å². The molecule has 0 bridgehead atoms. The molecule has 7 heteroatoms. The maximum atomic E-state index is 11.7. The summed E-state index contributed by atoms with van der Waals surface area (Å²) in [5.41, 5.74) is 5.45. The lowest BCUT2D eigenvalue weighted by molar-refractivity contribution is 0.253. The molecule has 3 N–H and O–H groups in total. The quantitative estimate of drug-likeness (QED) is 0.842. The molecule has 0 fully saturated rings. The monoisotopic (exact) mass is 260 g/mol. The van der Waals surface area contributed by atoms with Crippen LogP contribution in [0.2, 0.25) is 0 Å². The van der Waals surface area contributed by atoms with Crippen LogP contribution in [0.3, 0.4) is 0 Å². The summed E-state index contributed by atoms with van der Waals surface area (Å²) in [4.78, 5) is 10.7. The highest BCUT2D eigenvalue weighted by atomic mass is 32.2. The van der Waals surface area contributed by atoms with Crippen LogP contribution in [0.1, 0.15) is 5.56 Å². The SMILES string of the molecule is CSCc1ccccc1S(=O)(=O)NC(N)=O. The second-order valence-corrected chi connectivity index (χ2v) is 5.53. The zero-order valence-corrected chi connectivity index (χ0v) is 10.3. The normalized spacial score (nSPS) is 11.1. The number of urea groups is 1. The highest BCUT2D eigenvalue weighted by molar-refractivity contribution is 7.97. The molecule has 5 nitrogen and oxygen atoms in total. The molecule has 0 atom stereocenters. The minimum absolute atomic E-state index is 0.0863. The molecule has 0 aliphatic rings. The lowest BCUT2D eigenvalue weighted by atomic mass is 10.2. The first kappa shape index (κ1) is 12.9. The summed E-state index contributed by atoms with van der Waals surface area (Å²) in [6.45, 7) is 0. The number of amides is 2. The first-order valence-electron chi connectivity index (χ1n) is 4.36. The number of hydrogen-bond donors (Lipinski definition) is 2. The summed E-state index contributed by atoms with van der Waals surface area (Å²) in [5, 5.41) is 0. The van der Waals surface area contributed by atoms with Gasteiger partial charge in [0.2, 0.25) is 0 Å². The second kappa shape index (κ2) is 5.22. The maximum Gasteiger partial charge on any atom is 0.326 e. The van der Waals surface area contributed by atoms with Gasteiger partial charge in [0.1, 0.15) is 0 Å². The highest BCUT2D eigenvalue weighted by Gasteiger charge is 2.18. The summed E-state index contributed by atoms with van der Waals surface area (Å²) in [7, 11) is -3.85. The molecule has 88 valence electrons. The Morgan fingerprint density at radius 2 is 2.06 bits per heavy atom. The average molecular weight is 260 g/mol. The summed E-state index contributed by atoms with van der Waals surface area (Å²) in [6.07, 6.45) is 1.87. The molecule has 0 saturated heterocycles. The zero-order chi connectivity index (χ0) is 12.2. The van der Waals surface area contributed by atoms with E-state index in [0.29, 0.717) is 11.3 Å². The molecule has 0 aliphatic heterocycles. The Balaban J connectivity index is 3.16. The Kier molecular flexibility index (Phi) is 4.19. The van der Waals surface area contributed by atoms with Gasteiger partial charge in [0.25, 0.3) is 10.0 Å². The second-order valence-electron chi connectivity index (χ2n) is 3.01. The van der Waals surface area contributed by atoms with Crippen molar-refractivity contribution in [1.29, 1.82) is 0 Å². The summed E-state index contributed by atoms with van der Waals surface area (Å²) < 4.78 is 25.2. The minimum Gasteiger partial charge on any atom is -0.351 e. The molecule has 0 spiro atoms. The van der Waals surface area contributed by atoms with Crippen LogP contribution in [0.5, 0.6) is 0 Å². The van der Waals surface area contributed by atoms with Crippen molar-refractivity contribution in [3.8, 4) is 0 Å². The Morgan fingerprint density at radius 3 is 2.62 bits per heavy atom. The van der Waals surface area contributed by atoms with E-state index in [1.807, 2.05) is 6.26 Å². The van der Waals surface area contributed by atoms with Crippen LogP contribution in [0.15, 0.2) is 29.2 Å². The van der Waals surface area contributed by atoms with E-state index in [4.69, 9.17) is 5.73 Å². The third kappa shape index (κ3) is 3.14. The molecule has 1 aromatic rings. The van der Waals surface area contributed by atoms with Crippen LogP contribution >= 0.6 is 11.8 Å². The average Bonchev–Trinajstić information content (AvgIpc) is 2.17. The van der Waals surface area contributed by atoms with Crippen molar-refractivity contribution in [1.82, 2.24) is 4.72 Å². The molecule has 0 radical (unpaired) electrons. The van der Waals surface area contributed by atoms with Gasteiger partial charge in [-0.25, -0.2) is 17.9 Å². The van der Waals surface area contributed by atoms with E-state index in [-0.39, 0.29) is 4.90 Å². The number of hydrogen-bond acceptors (Lipinski definition) is 4. The fraction of sp³-hybridized carbons (Fsp3) is 0.222. The predicted octanol–water partition coefficient (Wildman–Crippen LogP) is 0.907. The van der Waals surface area contributed by atoms with Crippen LogP contribution in [-0.4, -0.2) is 20.7 Å². The molecule has 0 unspecified atom stereocenters. The van der Waals surface area contributed by atoms with E-state index >= 15 is 0 Å². The number of carbonyl (C=O) groups excluding carboxylic acids is 1. The number of thioether (sulfide) groups is 1. The van der Waals surface area contributed by atoms with Crippen LogP contribution in [0, 0.1) is 0 Å². The third-order valence-electron chi connectivity index (χ3n) is 1.80. The van der Waals surface area contributed by atoms with Crippen molar-refractivity contribution in [3.63, 3.8) is 0 Å². The van der Waals surface area contributed by atoms with Crippen LogP contribution in [-0.2, 0) is 15.8 Å². The topological polar surface area (TPSA) is 89.3 Å². The van der Waals surface area contributed by atoms with Crippen LogP contribution in [0.25, 0.3) is 0 Å². The molecule has 0 aliphatic carbocycles. The Labute approximate surface area is 98.5 Å². The lowest BCUT2D eigenvalue weighted by Crippen LogP contribution is -2.35. The lowest BCUT2D eigenvalue weighted by Gasteiger charge is -2.09. The van der Waals surface area contributed by atoms with Crippen LogP contribution < -0.4 is 10.5 Å². The van der Waals surface area contributed by atoms with E-state index < -0.39 is 16.1 Å². The van der Waals surface area contributed by atoms with E-state index in [1.165, 1.54) is 17.8 Å². The first-order chi connectivity index (χ1) is 7.47. The Bertz CT molecular complexity index is 485. The number of nitrogens with two attached hydrogens (primary N) is 1. The first-order valence-corrected chi connectivity index (χ1v) is 7.24. The van der Waals surface area contributed by atoms with Crippen molar-refractivity contribution in [2.45, 2.75) is 10.6 Å². The van der Waals surface area contributed by atoms with Crippen molar-refractivity contribution in [2.75, 3.05) is 6.26 Å². The summed E-state index contributed by atoms with van der Waals surface area (Å²) in [5.74, 6) is 0.551. The van der Waals surface area contributed by atoms with E-state index in [0.717, 1.165) is 0 Å². The van der Waals surface area contributed by atoms with Gasteiger partial charge in [-0.05, 0) is 17.9 Å². The summed E-state index contributed by atoms with van der Waals surface area (Å²) in [6, 6.07) is 5.40. The predicted molar refractivity (Wildman–Crippen MR) is 63.6 cm³/mol. The molecular weight excluding hydrogens is 248 g/mol. The largest absolute Gasteiger partial charge is 0.351 e. The van der Waals surface area contributed by atoms with Crippen molar-refractivity contribution < 1.29 is 13.2 Å². The smallest absolute Gasteiger partial charge is 0.326 e. The number of sulfonamides is 1. The molecule has 1 rings (SSSR count). The summed E-state index contributed by atoms with van der Waals surface area (Å²) >= 11 is 1.50. The molecule has 16 heavy (non-hydrogen) atoms. The van der Waals surface area contributed by atoms with Gasteiger partial charge in [0.15, 0.2) is 0 Å². The van der Waals surface area contributed by atoms with Gasteiger partial charge in [-0.2, -0.15) is 11.8 Å². The number of benzene rings is 1. The van der Waals surface area contributed by atoms with Gasteiger partial charge >= 0.3 is 6.03 Å². The number of rotatable bonds is 4. The molecule has 0 heterocycles. The van der Waals surface area contributed by atoms with E-state index in [1.54, 1.807) is 22.9 Å². The van der Waals surface area contributed by atoms with Gasteiger partial charge in [-0.3, -0.25) is 0 Å². The fourth-order valence-electron chi connectivity index (χ4n) is 1.23. The zero-order valence-electron chi connectivity index (χ0n) is 8.64. The Morgan fingerprint density at radius 1 is 1.44 bits per heavy atom. The number of nitrogens with one attached hydrogen (secondary N) is 1. The molecular formula is C9H12N2O3S2.